The molecule has 0 radical (unpaired) electrons. The van der Waals surface area contributed by atoms with Gasteiger partial charge in [-0.1, -0.05) is 0 Å². The maximum atomic E-state index is 12.3. The van der Waals surface area contributed by atoms with Gasteiger partial charge in [0.2, 0.25) is 5.95 Å². The van der Waals surface area contributed by atoms with Crippen LogP contribution in [0.2, 0.25) is 0 Å². The molecule has 19 heavy (non-hydrogen) atoms. The minimum absolute atomic E-state index is 0.125. The monoisotopic (exact) mass is 292 g/mol. The molecule has 0 unspecified atom stereocenters. The Labute approximate surface area is 105 Å². The second-order valence-electron chi connectivity index (χ2n) is 3.46. The lowest BCUT2D eigenvalue weighted by Crippen LogP contribution is -2.14. The Kier molecular flexibility index (Phi) is 3.18. The Bertz CT molecular complexity index is 650. The van der Waals surface area contributed by atoms with Gasteiger partial charge in [-0.2, -0.15) is 23.3 Å². The lowest BCUT2D eigenvalue weighted by Gasteiger charge is -2.08. The molecule has 1 heterocycles. The van der Waals surface area contributed by atoms with E-state index < -0.39 is 21.8 Å². The van der Waals surface area contributed by atoms with Crippen molar-refractivity contribution in [2.24, 2.45) is 0 Å². The van der Waals surface area contributed by atoms with Crippen molar-refractivity contribution in [1.82, 2.24) is 15.2 Å². The fourth-order valence-corrected chi connectivity index (χ4v) is 2.23. The van der Waals surface area contributed by atoms with Gasteiger partial charge in [0.1, 0.15) is 6.33 Å². The van der Waals surface area contributed by atoms with Crippen molar-refractivity contribution in [2.45, 2.75) is 11.1 Å². The second-order valence-corrected chi connectivity index (χ2v) is 5.14. The summed E-state index contributed by atoms with van der Waals surface area (Å²) in [5, 5.41) is 5.70. The molecular weight excluding hydrogens is 285 g/mol. The fraction of sp³-hybridized carbons (Fsp3) is 0.111. The van der Waals surface area contributed by atoms with Crippen LogP contribution in [0, 0.1) is 0 Å². The van der Waals surface area contributed by atoms with E-state index in [9.17, 15) is 21.6 Å². The molecule has 0 aliphatic rings. The fourth-order valence-electron chi connectivity index (χ4n) is 1.26. The molecule has 6 nitrogen and oxygen atoms in total. The predicted molar refractivity (Wildman–Crippen MR) is 58.6 cm³/mol. The third-order valence-corrected chi connectivity index (χ3v) is 3.49. The maximum absolute atomic E-state index is 12.3. The number of hydrogen-bond acceptors (Lipinski definition) is 4. The first-order chi connectivity index (χ1) is 8.79. The first kappa shape index (κ1) is 13.3. The van der Waals surface area contributed by atoms with Crippen LogP contribution in [0.1, 0.15) is 5.56 Å². The third kappa shape index (κ3) is 3.02. The zero-order valence-electron chi connectivity index (χ0n) is 9.14. The molecule has 2 aromatic rings. The van der Waals surface area contributed by atoms with Crippen LogP contribution in [0.15, 0.2) is 35.5 Å². The van der Waals surface area contributed by atoms with Gasteiger partial charge in [0.25, 0.3) is 10.0 Å². The molecule has 0 amide bonds. The first-order valence-corrected chi connectivity index (χ1v) is 6.33. The van der Waals surface area contributed by atoms with E-state index in [-0.39, 0.29) is 10.8 Å². The first-order valence-electron chi connectivity index (χ1n) is 4.84. The van der Waals surface area contributed by atoms with E-state index in [1.807, 2.05) is 4.72 Å². The minimum Gasteiger partial charge on any atom is -0.248 e. The van der Waals surface area contributed by atoms with E-state index in [2.05, 4.69) is 15.2 Å². The van der Waals surface area contributed by atoms with E-state index in [4.69, 9.17) is 0 Å². The lowest BCUT2D eigenvalue weighted by atomic mass is 10.2. The van der Waals surface area contributed by atoms with Crippen molar-refractivity contribution in [3.8, 4) is 0 Å². The van der Waals surface area contributed by atoms with Crippen molar-refractivity contribution in [3.63, 3.8) is 0 Å². The number of sulfonamides is 1. The molecule has 10 heteroatoms. The topological polar surface area (TPSA) is 87.7 Å². The highest BCUT2D eigenvalue weighted by Gasteiger charge is 2.30. The molecule has 0 aliphatic carbocycles. The number of aromatic nitrogens is 3. The van der Waals surface area contributed by atoms with Gasteiger partial charge in [0.15, 0.2) is 0 Å². The Morgan fingerprint density at radius 3 is 2.26 bits per heavy atom. The summed E-state index contributed by atoms with van der Waals surface area (Å²) in [5.74, 6) is -0.125. The van der Waals surface area contributed by atoms with Crippen LogP contribution >= 0.6 is 0 Å². The van der Waals surface area contributed by atoms with Gasteiger partial charge >= 0.3 is 6.18 Å². The number of nitrogens with zero attached hydrogens (tertiary/aromatic N) is 2. The highest BCUT2D eigenvalue weighted by Crippen LogP contribution is 2.29. The number of alkyl halides is 3. The Balaban J connectivity index is 2.27. The molecule has 1 aromatic heterocycles. The summed E-state index contributed by atoms with van der Waals surface area (Å²) in [6.07, 6.45) is -3.43. The summed E-state index contributed by atoms with van der Waals surface area (Å²) in [4.78, 5) is 3.24. The molecule has 2 N–H and O–H groups in total. The molecule has 0 bridgehead atoms. The standard InChI is InChI=1S/C9H7F3N4O2S/c10-9(11,12)6-1-3-7(4-2-6)19(17,18)16-8-13-5-14-15-8/h1-5H,(H2,13,14,15,16). The van der Waals surface area contributed by atoms with Crippen LogP contribution in [-0.4, -0.2) is 23.6 Å². The molecular formula is C9H7F3N4O2S. The summed E-state index contributed by atoms with van der Waals surface area (Å²) in [7, 11) is -4.00. The summed E-state index contributed by atoms with van der Waals surface area (Å²) in [6, 6.07) is 3.10. The molecule has 102 valence electrons. The van der Waals surface area contributed by atoms with Gasteiger partial charge in [0.05, 0.1) is 10.5 Å². The molecule has 0 aliphatic heterocycles. The number of anilines is 1. The van der Waals surface area contributed by atoms with Crippen LogP contribution in [0.5, 0.6) is 0 Å². The molecule has 2 rings (SSSR count). The van der Waals surface area contributed by atoms with Crippen molar-refractivity contribution in [1.29, 1.82) is 0 Å². The van der Waals surface area contributed by atoms with Gasteiger partial charge < -0.3 is 0 Å². The van der Waals surface area contributed by atoms with Crippen LogP contribution in [0.3, 0.4) is 0 Å². The number of benzene rings is 1. The quantitative estimate of drug-likeness (QED) is 0.900. The predicted octanol–water partition coefficient (Wildman–Crippen LogP) is 1.62. The lowest BCUT2D eigenvalue weighted by molar-refractivity contribution is -0.137. The number of H-pyrrole nitrogens is 1. The summed E-state index contributed by atoms with van der Waals surface area (Å²) in [6.45, 7) is 0. The van der Waals surface area contributed by atoms with E-state index >= 15 is 0 Å². The van der Waals surface area contributed by atoms with Crippen LogP contribution < -0.4 is 4.72 Å². The zero-order chi connectivity index (χ0) is 14.1. The molecule has 0 saturated carbocycles. The van der Waals surface area contributed by atoms with Gasteiger partial charge in [-0.25, -0.2) is 18.2 Å². The Morgan fingerprint density at radius 2 is 1.79 bits per heavy atom. The average Bonchev–Trinajstić information content (AvgIpc) is 2.80. The summed E-state index contributed by atoms with van der Waals surface area (Å²) >= 11 is 0. The smallest absolute Gasteiger partial charge is 0.248 e. The zero-order valence-corrected chi connectivity index (χ0v) is 9.96. The number of nitrogens with one attached hydrogen (secondary N) is 2. The minimum atomic E-state index is -4.51. The molecule has 0 saturated heterocycles. The normalized spacial score (nSPS) is 12.4. The maximum Gasteiger partial charge on any atom is 0.416 e. The molecule has 0 fully saturated rings. The highest BCUT2D eigenvalue weighted by atomic mass is 32.2. The Hall–Kier alpha value is -2.10. The van der Waals surface area contributed by atoms with Crippen molar-refractivity contribution in [3.05, 3.63) is 36.2 Å². The largest absolute Gasteiger partial charge is 0.416 e. The van der Waals surface area contributed by atoms with E-state index in [0.717, 1.165) is 18.5 Å². The van der Waals surface area contributed by atoms with E-state index in [1.54, 1.807) is 0 Å². The molecule has 1 aromatic carbocycles. The van der Waals surface area contributed by atoms with E-state index in [1.165, 1.54) is 0 Å². The number of halogens is 3. The van der Waals surface area contributed by atoms with Gasteiger partial charge in [-0.3, -0.25) is 0 Å². The number of rotatable bonds is 3. The van der Waals surface area contributed by atoms with Crippen molar-refractivity contribution >= 4 is 16.0 Å². The van der Waals surface area contributed by atoms with Crippen LogP contribution in [-0.2, 0) is 16.2 Å². The second kappa shape index (κ2) is 4.53. The molecule has 0 atom stereocenters. The number of aromatic amines is 1. The van der Waals surface area contributed by atoms with Crippen molar-refractivity contribution < 1.29 is 21.6 Å². The van der Waals surface area contributed by atoms with E-state index in [0.29, 0.717) is 12.1 Å². The number of hydrogen-bond donors (Lipinski definition) is 2. The summed E-state index contributed by atoms with van der Waals surface area (Å²) in [5.41, 5.74) is -0.925. The SMILES string of the molecule is O=S(=O)(Nc1ncn[nH]1)c1ccc(C(F)(F)F)cc1. The van der Waals surface area contributed by atoms with Gasteiger partial charge in [-0.15, -0.1) is 0 Å². The summed E-state index contributed by atoms with van der Waals surface area (Å²) < 4.78 is 62.6. The average molecular weight is 292 g/mol. The van der Waals surface area contributed by atoms with Crippen molar-refractivity contribution in [2.75, 3.05) is 4.72 Å². The van der Waals surface area contributed by atoms with Gasteiger partial charge in [-0.05, 0) is 24.3 Å². The third-order valence-electron chi connectivity index (χ3n) is 2.14. The van der Waals surface area contributed by atoms with Crippen LogP contribution in [0.4, 0.5) is 19.1 Å². The van der Waals surface area contributed by atoms with Gasteiger partial charge in [0, 0.05) is 0 Å². The Morgan fingerprint density at radius 1 is 1.16 bits per heavy atom. The van der Waals surface area contributed by atoms with Crippen LogP contribution in [0.25, 0.3) is 0 Å². The molecule has 0 spiro atoms. The highest BCUT2D eigenvalue weighted by molar-refractivity contribution is 7.92.